The molecular formula is C18H22N2O3S. The summed E-state index contributed by atoms with van der Waals surface area (Å²) in [6.07, 6.45) is 5.79. The SMILES string of the molecule is COc1ccc(-c2nc(C(=O)NC3CCCCC3)cs2)cc1OC. The maximum Gasteiger partial charge on any atom is 0.270 e. The molecule has 1 aliphatic carbocycles. The van der Waals surface area contributed by atoms with Gasteiger partial charge in [0.1, 0.15) is 10.7 Å². The molecule has 0 aliphatic heterocycles. The van der Waals surface area contributed by atoms with Gasteiger partial charge in [0.05, 0.1) is 14.2 Å². The lowest BCUT2D eigenvalue weighted by Gasteiger charge is -2.22. The van der Waals surface area contributed by atoms with E-state index in [1.165, 1.54) is 30.6 Å². The molecule has 0 spiro atoms. The fourth-order valence-electron chi connectivity index (χ4n) is 2.99. The number of benzene rings is 1. The fraction of sp³-hybridized carbons (Fsp3) is 0.444. The monoisotopic (exact) mass is 346 g/mol. The molecule has 24 heavy (non-hydrogen) atoms. The zero-order valence-corrected chi connectivity index (χ0v) is 14.8. The smallest absolute Gasteiger partial charge is 0.270 e. The van der Waals surface area contributed by atoms with Crippen LogP contribution in [0, 0.1) is 0 Å². The molecule has 1 aromatic heterocycles. The molecule has 0 saturated heterocycles. The van der Waals surface area contributed by atoms with Gasteiger partial charge >= 0.3 is 0 Å². The van der Waals surface area contributed by atoms with E-state index >= 15 is 0 Å². The number of amides is 1. The molecule has 3 rings (SSSR count). The van der Waals surface area contributed by atoms with Gasteiger partial charge in [-0.25, -0.2) is 4.98 Å². The van der Waals surface area contributed by atoms with Crippen molar-refractivity contribution in [1.82, 2.24) is 10.3 Å². The normalized spacial score (nSPS) is 15.1. The molecule has 1 aliphatic rings. The molecule has 2 aromatic rings. The van der Waals surface area contributed by atoms with Crippen molar-refractivity contribution in [1.29, 1.82) is 0 Å². The van der Waals surface area contributed by atoms with Crippen molar-refractivity contribution in [2.45, 2.75) is 38.1 Å². The van der Waals surface area contributed by atoms with Crippen molar-refractivity contribution >= 4 is 17.2 Å². The summed E-state index contributed by atoms with van der Waals surface area (Å²) < 4.78 is 10.6. The molecule has 1 saturated carbocycles. The van der Waals surface area contributed by atoms with Gasteiger partial charge in [-0.2, -0.15) is 0 Å². The lowest BCUT2D eigenvalue weighted by Crippen LogP contribution is -2.36. The molecule has 0 unspecified atom stereocenters. The zero-order chi connectivity index (χ0) is 16.9. The molecule has 1 amide bonds. The van der Waals surface area contributed by atoms with Gasteiger partial charge in [-0.15, -0.1) is 11.3 Å². The van der Waals surface area contributed by atoms with E-state index in [-0.39, 0.29) is 11.9 Å². The van der Waals surface area contributed by atoms with E-state index in [4.69, 9.17) is 9.47 Å². The minimum Gasteiger partial charge on any atom is -0.493 e. The Bertz CT molecular complexity index is 708. The zero-order valence-electron chi connectivity index (χ0n) is 14.0. The van der Waals surface area contributed by atoms with Crippen molar-refractivity contribution in [3.05, 3.63) is 29.3 Å². The Balaban J connectivity index is 1.74. The molecule has 0 bridgehead atoms. The lowest BCUT2D eigenvalue weighted by atomic mass is 9.95. The Morgan fingerprint density at radius 1 is 1.17 bits per heavy atom. The quantitative estimate of drug-likeness (QED) is 0.892. The van der Waals surface area contributed by atoms with Gasteiger partial charge in [0.15, 0.2) is 11.5 Å². The van der Waals surface area contributed by atoms with Gasteiger partial charge in [0.25, 0.3) is 5.91 Å². The van der Waals surface area contributed by atoms with E-state index in [0.29, 0.717) is 17.2 Å². The number of aromatic nitrogens is 1. The second-order valence-corrected chi connectivity index (χ2v) is 6.77. The van der Waals surface area contributed by atoms with Gasteiger partial charge < -0.3 is 14.8 Å². The first-order valence-corrected chi connectivity index (χ1v) is 9.08. The van der Waals surface area contributed by atoms with Crippen LogP contribution in [0.4, 0.5) is 0 Å². The Morgan fingerprint density at radius 3 is 2.62 bits per heavy atom. The van der Waals surface area contributed by atoms with Crippen molar-refractivity contribution in [2.24, 2.45) is 0 Å². The van der Waals surface area contributed by atoms with E-state index in [1.807, 2.05) is 23.6 Å². The van der Waals surface area contributed by atoms with E-state index < -0.39 is 0 Å². The maximum atomic E-state index is 12.4. The number of hydrogen-bond donors (Lipinski definition) is 1. The average molecular weight is 346 g/mol. The summed E-state index contributed by atoms with van der Waals surface area (Å²) in [5, 5.41) is 5.71. The van der Waals surface area contributed by atoms with Crippen LogP contribution in [0.5, 0.6) is 11.5 Å². The molecule has 128 valence electrons. The minimum atomic E-state index is -0.0788. The predicted molar refractivity (Wildman–Crippen MR) is 95.0 cm³/mol. The summed E-state index contributed by atoms with van der Waals surface area (Å²) in [6, 6.07) is 5.93. The summed E-state index contributed by atoms with van der Waals surface area (Å²) in [6.45, 7) is 0. The number of nitrogens with one attached hydrogen (secondary N) is 1. The summed E-state index contributed by atoms with van der Waals surface area (Å²) in [7, 11) is 3.21. The number of rotatable bonds is 5. The first-order valence-electron chi connectivity index (χ1n) is 8.20. The first-order chi connectivity index (χ1) is 11.7. The summed E-state index contributed by atoms with van der Waals surface area (Å²) in [4.78, 5) is 16.9. The largest absolute Gasteiger partial charge is 0.493 e. The Morgan fingerprint density at radius 2 is 1.92 bits per heavy atom. The van der Waals surface area contributed by atoms with Crippen molar-refractivity contribution in [3.8, 4) is 22.1 Å². The predicted octanol–water partition coefficient (Wildman–Crippen LogP) is 3.89. The highest BCUT2D eigenvalue weighted by atomic mass is 32.1. The Labute approximate surface area is 146 Å². The van der Waals surface area contributed by atoms with Gasteiger partial charge in [0, 0.05) is 17.0 Å². The molecule has 0 radical (unpaired) electrons. The number of thiazole rings is 1. The molecule has 6 heteroatoms. The van der Waals surface area contributed by atoms with Crippen LogP contribution in [-0.2, 0) is 0 Å². The summed E-state index contributed by atoms with van der Waals surface area (Å²) in [5.41, 5.74) is 1.39. The highest BCUT2D eigenvalue weighted by Gasteiger charge is 2.19. The third kappa shape index (κ3) is 3.70. The van der Waals surface area contributed by atoms with E-state index in [1.54, 1.807) is 14.2 Å². The highest BCUT2D eigenvalue weighted by molar-refractivity contribution is 7.13. The van der Waals surface area contributed by atoms with Crippen LogP contribution in [0.15, 0.2) is 23.6 Å². The van der Waals surface area contributed by atoms with E-state index in [2.05, 4.69) is 10.3 Å². The number of carbonyl (C=O) groups is 1. The van der Waals surface area contributed by atoms with Crippen LogP contribution in [-0.4, -0.2) is 31.2 Å². The third-order valence-corrected chi connectivity index (χ3v) is 5.20. The lowest BCUT2D eigenvalue weighted by molar-refractivity contribution is 0.0923. The molecule has 1 heterocycles. The van der Waals surface area contributed by atoms with Crippen LogP contribution < -0.4 is 14.8 Å². The summed E-state index contributed by atoms with van der Waals surface area (Å²) >= 11 is 1.46. The van der Waals surface area contributed by atoms with Gasteiger partial charge in [-0.3, -0.25) is 4.79 Å². The van der Waals surface area contributed by atoms with Crippen molar-refractivity contribution in [3.63, 3.8) is 0 Å². The standard InChI is InChI=1S/C18H22N2O3S/c1-22-15-9-8-12(10-16(15)23-2)18-20-14(11-24-18)17(21)19-13-6-4-3-5-7-13/h8-11,13H,3-7H2,1-2H3,(H,19,21). The van der Waals surface area contributed by atoms with Gasteiger partial charge in [-0.1, -0.05) is 19.3 Å². The van der Waals surface area contributed by atoms with E-state index in [0.717, 1.165) is 23.4 Å². The topological polar surface area (TPSA) is 60.5 Å². The Kier molecular flexibility index (Phi) is 5.35. The minimum absolute atomic E-state index is 0.0788. The fourth-order valence-corrected chi connectivity index (χ4v) is 3.78. The number of carbonyl (C=O) groups excluding carboxylic acids is 1. The number of hydrogen-bond acceptors (Lipinski definition) is 5. The molecule has 5 nitrogen and oxygen atoms in total. The Hall–Kier alpha value is -2.08. The van der Waals surface area contributed by atoms with Crippen LogP contribution in [0.25, 0.3) is 10.6 Å². The van der Waals surface area contributed by atoms with Gasteiger partial charge in [-0.05, 0) is 31.0 Å². The molecule has 0 atom stereocenters. The van der Waals surface area contributed by atoms with E-state index in [9.17, 15) is 4.79 Å². The van der Waals surface area contributed by atoms with Gasteiger partial charge in [0.2, 0.25) is 0 Å². The molecule has 1 N–H and O–H groups in total. The second kappa shape index (κ2) is 7.66. The first kappa shape index (κ1) is 16.8. The van der Waals surface area contributed by atoms with Crippen LogP contribution in [0.1, 0.15) is 42.6 Å². The molecular weight excluding hydrogens is 324 g/mol. The van der Waals surface area contributed by atoms with Crippen LogP contribution in [0.2, 0.25) is 0 Å². The molecule has 1 aromatic carbocycles. The average Bonchev–Trinajstić information content (AvgIpc) is 3.12. The van der Waals surface area contributed by atoms with Crippen molar-refractivity contribution in [2.75, 3.05) is 14.2 Å². The third-order valence-electron chi connectivity index (χ3n) is 4.31. The highest BCUT2D eigenvalue weighted by Crippen LogP contribution is 2.33. The number of ether oxygens (including phenoxy) is 2. The summed E-state index contributed by atoms with van der Waals surface area (Å²) in [5.74, 6) is 1.25. The second-order valence-electron chi connectivity index (χ2n) is 5.92. The maximum absolute atomic E-state index is 12.4. The van der Waals surface area contributed by atoms with Crippen molar-refractivity contribution < 1.29 is 14.3 Å². The molecule has 1 fully saturated rings. The number of nitrogens with zero attached hydrogens (tertiary/aromatic N) is 1. The van der Waals surface area contributed by atoms with Crippen LogP contribution in [0.3, 0.4) is 0 Å². The number of methoxy groups -OCH3 is 2. The van der Waals surface area contributed by atoms with Crippen LogP contribution >= 0.6 is 11.3 Å².